The Kier molecular flexibility index (Phi) is 4.66. The lowest BCUT2D eigenvalue weighted by molar-refractivity contribution is 0.481. The van der Waals surface area contributed by atoms with Crippen LogP contribution >= 0.6 is 11.3 Å². The highest BCUT2D eigenvalue weighted by atomic mass is 32.1. The standard InChI is InChI=1S/C11H17N5OS/c1-3-8-5-13-10(18-8)7-14-11-16-15-9(17-11)6-12-4-2/h5,12H,3-4,6-7H2,1-2H3,(H,14,16). The molecule has 0 aliphatic carbocycles. The van der Waals surface area contributed by atoms with Crippen LogP contribution < -0.4 is 10.6 Å². The molecule has 0 radical (unpaired) electrons. The van der Waals surface area contributed by atoms with Gasteiger partial charge in [-0.2, -0.15) is 0 Å². The molecule has 2 aromatic heterocycles. The van der Waals surface area contributed by atoms with Gasteiger partial charge in [0.1, 0.15) is 5.01 Å². The first kappa shape index (κ1) is 13.0. The van der Waals surface area contributed by atoms with Crippen molar-refractivity contribution in [3.63, 3.8) is 0 Å². The van der Waals surface area contributed by atoms with Crippen LogP contribution in [0.5, 0.6) is 0 Å². The zero-order chi connectivity index (χ0) is 12.8. The smallest absolute Gasteiger partial charge is 0.315 e. The van der Waals surface area contributed by atoms with E-state index >= 15 is 0 Å². The summed E-state index contributed by atoms with van der Waals surface area (Å²) in [5, 5.41) is 15.1. The average Bonchev–Trinajstić information content (AvgIpc) is 3.03. The van der Waals surface area contributed by atoms with E-state index in [1.165, 1.54) is 4.88 Å². The van der Waals surface area contributed by atoms with Gasteiger partial charge in [0.15, 0.2) is 0 Å². The van der Waals surface area contributed by atoms with E-state index in [1.54, 1.807) is 11.3 Å². The van der Waals surface area contributed by atoms with Crippen LogP contribution in [0.4, 0.5) is 6.01 Å². The second-order valence-corrected chi connectivity index (χ2v) is 4.91. The SMILES string of the molecule is CCNCc1nnc(NCc2ncc(CC)s2)o1. The predicted octanol–water partition coefficient (Wildman–Crippen LogP) is 1.81. The van der Waals surface area contributed by atoms with Crippen molar-refractivity contribution < 1.29 is 4.42 Å². The van der Waals surface area contributed by atoms with Crippen molar-refractivity contribution in [1.82, 2.24) is 20.5 Å². The lowest BCUT2D eigenvalue weighted by Crippen LogP contribution is -2.11. The minimum absolute atomic E-state index is 0.441. The molecule has 18 heavy (non-hydrogen) atoms. The summed E-state index contributed by atoms with van der Waals surface area (Å²) in [5.74, 6) is 0.590. The van der Waals surface area contributed by atoms with Crippen LogP contribution in [-0.2, 0) is 19.5 Å². The number of aryl methyl sites for hydroxylation is 1. The Morgan fingerprint density at radius 2 is 2.17 bits per heavy atom. The van der Waals surface area contributed by atoms with E-state index in [0.29, 0.717) is 25.0 Å². The van der Waals surface area contributed by atoms with Crippen molar-refractivity contribution in [3.8, 4) is 0 Å². The van der Waals surface area contributed by atoms with Crippen LogP contribution in [0.2, 0.25) is 0 Å². The number of anilines is 1. The van der Waals surface area contributed by atoms with Gasteiger partial charge in [-0.1, -0.05) is 18.9 Å². The fourth-order valence-electron chi connectivity index (χ4n) is 1.37. The first-order valence-electron chi connectivity index (χ1n) is 6.02. The van der Waals surface area contributed by atoms with Gasteiger partial charge in [0, 0.05) is 11.1 Å². The first-order chi connectivity index (χ1) is 8.81. The zero-order valence-electron chi connectivity index (χ0n) is 10.6. The van der Waals surface area contributed by atoms with Crippen LogP contribution in [0.1, 0.15) is 29.6 Å². The number of aromatic nitrogens is 3. The van der Waals surface area contributed by atoms with Gasteiger partial charge in [-0.25, -0.2) is 4.98 Å². The molecule has 0 fully saturated rings. The van der Waals surface area contributed by atoms with Crippen LogP contribution in [-0.4, -0.2) is 21.7 Å². The first-order valence-corrected chi connectivity index (χ1v) is 6.84. The van der Waals surface area contributed by atoms with E-state index in [4.69, 9.17) is 4.42 Å². The number of nitrogens with zero attached hydrogens (tertiary/aromatic N) is 3. The minimum atomic E-state index is 0.441. The largest absolute Gasteiger partial charge is 0.407 e. The average molecular weight is 267 g/mol. The molecule has 0 aliphatic heterocycles. The quantitative estimate of drug-likeness (QED) is 0.797. The zero-order valence-corrected chi connectivity index (χ0v) is 11.4. The topological polar surface area (TPSA) is 75.9 Å². The van der Waals surface area contributed by atoms with Gasteiger partial charge in [-0.05, 0) is 13.0 Å². The summed E-state index contributed by atoms with van der Waals surface area (Å²) in [4.78, 5) is 5.59. The molecular formula is C11H17N5OS. The fourth-order valence-corrected chi connectivity index (χ4v) is 2.17. The summed E-state index contributed by atoms with van der Waals surface area (Å²) in [6.07, 6.45) is 2.93. The molecule has 2 rings (SSSR count). The van der Waals surface area contributed by atoms with E-state index in [0.717, 1.165) is 18.0 Å². The van der Waals surface area contributed by atoms with Crippen LogP contribution in [0, 0.1) is 0 Å². The molecule has 2 N–H and O–H groups in total. The Hall–Kier alpha value is -1.47. The van der Waals surface area contributed by atoms with Crippen molar-refractivity contribution in [3.05, 3.63) is 22.0 Å². The molecule has 0 saturated heterocycles. The lowest BCUT2D eigenvalue weighted by atomic mass is 10.4. The molecule has 0 unspecified atom stereocenters. The molecule has 6 nitrogen and oxygen atoms in total. The van der Waals surface area contributed by atoms with E-state index < -0.39 is 0 Å². The third-order valence-electron chi connectivity index (χ3n) is 2.33. The second kappa shape index (κ2) is 6.46. The van der Waals surface area contributed by atoms with Crippen molar-refractivity contribution in [2.24, 2.45) is 0 Å². The molecule has 2 aromatic rings. The third-order valence-corrected chi connectivity index (χ3v) is 3.48. The summed E-state index contributed by atoms with van der Waals surface area (Å²) in [7, 11) is 0. The Balaban J connectivity index is 1.84. The third kappa shape index (κ3) is 3.51. The van der Waals surface area contributed by atoms with Crippen molar-refractivity contribution in [1.29, 1.82) is 0 Å². The molecular weight excluding hydrogens is 250 g/mol. The summed E-state index contributed by atoms with van der Waals surface area (Å²) >= 11 is 1.70. The van der Waals surface area contributed by atoms with Gasteiger partial charge < -0.3 is 15.1 Å². The summed E-state index contributed by atoms with van der Waals surface area (Å²) in [5.41, 5.74) is 0. The summed E-state index contributed by atoms with van der Waals surface area (Å²) < 4.78 is 5.42. The Labute approximate surface area is 110 Å². The number of nitrogens with one attached hydrogen (secondary N) is 2. The molecule has 0 aliphatic rings. The summed E-state index contributed by atoms with van der Waals surface area (Å²) in [6.45, 7) is 6.25. The maximum atomic E-state index is 5.42. The number of hydrogen-bond acceptors (Lipinski definition) is 7. The van der Waals surface area contributed by atoms with E-state index in [9.17, 15) is 0 Å². The molecule has 0 spiro atoms. The molecule has 0 atom stereocenters. The van der Waals surface area contributed by atoms with Gasteiger partial charge in [-0.3, -0.25) is 0 Å². The van der Waals surface area contributed by atoms with Crippen LogP contribution in [0.15, 0.2) is 10.6 Å². The molecule has 0 bridgehead atoms. The summed E-state index contributed by atoms with van der Waals surface area (Å²) in [6, 6.07) is 0.441. The van der Waals surface area contributed by atoms with E-state index in [2.05, 4.69) is 32.7 Å². The highest BCUT2D eigenvalue weighted by Gasteiger charge is 2.06. The van der Waals surface area contributed by atoms with Crippen molar-refractivity contribution in [2.45, 2.75) is 33.4 Å². The number of hydrogen-bond donors (Lipinski definition) is 2. The van der Waals surface area contributed by atoms with Gasteiger partial charge in [-0.15, -0.1) is 16.4 Å². The maximum Gasteiger partial charge on any atom is 0.315 e. The van der Waals surface area contributed by atoms with Crippen molar-refractivity contribution >= 4 is 17.4 Å². The molecule has 0 amide bonds. The predicted molar refractivity (Wildman–Crippen MR) is 70.5 cm³/mol. The fraction of sp³-hybridized carbons (Fsp3) is 0.545. The molecule has 7 heteroatoms. The second-order valence-electron chi connectivity index (χ2n) is 3.71. The van der Waals surface area contributed by atoms with Gasteiger partial charge in [0.2, 0.25) is 5.89 Å². The van der Waals surface area contributed by atoms with E-state index in [-0.39, 0.29) is 0 Å². The van der Waals surface area contributed by atoms with Gasteiger partial charge >= 0.3 is 6.01 Å². The van der Waals surface area contributed by atoms with Gasteiger partial charge in [0.25, 0.3) is 0 Å². The molecule has 98 valence electrons. The Bertz CT molecular complexity index is 481. The Morgan fingerprint density at radius 1 is 1.28 bits per heavy atom. The molecule has 0 saturated carbocycles. The monoisotopic (exact) mass is 267 g/mol. The maximum absolute atomic E-state index is 5.42. The number of rotatable bonds is 7. The highest BCUT2D eigenvalue weighted by molar-refractivity contribution is 7.11. The van der Waals surface area contributed by atoms with Gasteiger partial charge in [0.05, 0.1) is 13.1 Å². The Morgan fingerprint density at radius 3 is 2.89 bits per heavy atom. The van der Waals surface area contributed by atoms with Crippen molar-refractivity contribution in [2.75, 3.05) is 11.9 Å². The normalized spacial score (nSPS) is 10.8. The number of thiazole rings is 1. The van der Waals surface area contributed by atoms with E-state index in [1.807, 2.05) is 13.1 Å². The van der Waals surface area contributed by atoms with Crippen LogP contribution in [0.25, 0.3) is 0 Å². The van der Waals surface area contributed by atoms with Crippen LogP contribution in [0.3, 0.4) is 0 Å². The minimum Gasteiger partial charge on any atom is -0.407 e. The lowest BCUT2D eigenvalue weighted by Gasteiger charge is -1.97. The highest BCUT2D eigenvalue weighted by Crippen LogP contribution is 2.15. The molecule has 2 heterocycles. The molecule has 0 aromatic carbocycles.